The maximum atomic E-state index is 12.0. The number of nitrogens with zero attached hydrogens (tertiary/aromatic N) is 3. The van der Waals surface area contributed by atoms with Crippen molar-refractivity contribution in [1.82, 2.24) is 20.0 Å². The Morgan fingerprint density at radius 1 is 0.662 bits per heavy atom. The third-order valence-corrected chi connectivity index (χ3v) is 12.3. The number of para-hydroxylation sites is 2. The summed E-state index contributed by atoms with van der Waals surface area (Å²) < 4.78 is 24.9. The molecule has 6 heterocycles. The minimum atomic E-state index is -0.639. The van der Waals surface area contributed by atoms with Crippen LogP contribution in [0, 0.1) is 11.8 Å². The molecule has 6 aliphatic rings. The van der Waals surface area contributed by atoms with Crippen LogP contribution in [0.2, 0.25) is 0 Å². The minimum Gasteiger partial charge on any atom is -0.793 e. The van der Waals surface area contributed by atoms with Gasteiger partial charge in [-0.2, -0.15) is 0 Å². The van der Waals surface area contributed by atoms with Crippen LogP contribution in [0.25, 0.3) is 0 Å². The van der Waals surface area contributed by atoms with Crippen molar-refractivity contribution < 1.29 is 101 Å². The number of carbonyl (C=O) groups excluding carboxylic acids is 8. The van der Waals surface area contributed by atoms with E-state index >= 15 is 0 Å². The fourth-order valence-electron chi connectivity index (χ4n) is 8.81. The van der Waals surface area contributed by atoms with Crippen LogP contribution in [0.5, 0.6) is 0 Å². The van der Waals surface area contributed by atoms with Gasteiger partial charge in [0.2, 0.25) is 5.97 Å². The van der Waals surface area contributed by atoms with Crippen molar-refractivity contribution in [3.63, 3.8) is 0 Å². The van der Waals surface area contributed by atoms with Gasteiger partial charge in [-0.05, 0) is 70.7 Å². The molecule has 0 saturated carbocycles. The van der Waals surface area contributed by atoms with Crippen LogP contribution in [0.3, 0.4) is 0 Å². The Hall–Kier alpha value is -5.42. The Kier molecular flexibility index (Phi) is 25.7. The SMILES string of the molecule is CC(=O)OOC(C)=O.CCOC(=O)N1CCC(C=O)CC1.CCOC(=O)N1CCC(CN2CCC3(CC2)OC(=O)Nc2ccccc23)CC1.O=C1Nc2ccccc2C2(CCNCC2)O1.[B-]OC(C)=O.[Na+]. The molecule has 4 saturated heterocycles. The van der Waals surface area contributed by atoms with Crippen molar-refractivity contribution in [2.24, 2.45) is 11.8 Å². The fraction of sp³-hybridized carbons (Fsp3) is 0.583. The quantitative estimate of drug-likeness (QED) is 0.128. The first kappa shape index (κ1) is 59.9. The molecule has 3 N–H and O–H groups in total. The summed E-state index contributed by atoms with van der Waals surface area (Å²) in [6.45, 7) is 15.5. The summed E-state index contributed by atoms with van der Waals surface area (Å²) in [6.07, 6.45) is 6.74. The summed E-state index contributed by atoms with van der Waals surface area (Å²) in [4.78, 5) is 99.8. The number of amides is 4. The second kappa shape index (κ2) is 30.5. The third kappa shape index (κ3) is 18.9. The molecule has 0 aliphatic carbocycles. The molecule has 23 heteroatoms. The molecular weight excluding hydrogens is 934 g/mol. The van der Waals surface area contributed by atoms with Gasteiger partial charge in [-0.3, -0.25) is 15.4 Å². The number of fused-ring (bicyclic) bond motifs is 4. The molecular formula is C48H67BN6NaO15. The number of aldehydes is 1. The first-order valence-electron chi connectivity index (χ1n) is 23.7. The summed E-state index contributed by atoms with van der Waals surface area (Å²) in [5.41, 5.74) is 3.06. The number of carbonyl (C=O) groups is 8. The number of anilines is 2. The fourth-order valence-corrected chi connectivity index (χ4v) is 8.81. The molecule has 4 amide bonds. The van der Waals surface area contributed by atoms with Crippen molar-refractivity contribution in [2.75, 3.05) is 82.8 Å². The smallest absolute Gasteiger partial charge is 0.793 e. The third-order valence-electron chi connectivity index (χ3n) is 12.3. The van der Waals surface area contributed by atoms with Gasteiger partial charge in [-0.25, -0.2) is 38.5 Å². The molecule has 3 radical (unpaired) electrons. The minimum absolute atomic E-state index is 0. The number of piperidine rings is 4. The number of ether oxygens (including phenoxy) is 4. The van der Waals surface area contributed by atoms with Crippen LogP contribution in [-0.4, -0.2) is 143 Å². The molecule has 0 atom stereocenters. The molecule has 0 unspecified atom stereocenters. The predicted octanol–water partition coefficient (Wildman–Crippen LogP) is 2.95. The Bertz CT molecular complexity index is 2060. The van der Waals surface area contributed by atoms with Crippen LogP contribution in [-0.2, 0) is 63.8 Å². The molecule has 0 bridgehead atoms. The average molecular weight is 1000 g/mol. The predicted molar refractivity (Wildman–Crippen MR) is 254 cm³/mol. The van der Waals surface area contributed by atoms with Gasteiger partial charge in [-0.15, -0.1) is 0 Å². The van der Waals surface area contributed by atoms with E-state index in [9.17, 15) is 38.4 Å². The van der Waals surface area contributed by atoms with Gasteiger partial charge in [0.15, 0.2) is 0 Å². The van der Waals surface area contributed by atoms with Crippen molar-refractivity contribution >= 4 is 68.0 Å². The molecule has 383 valence electrons. The zero-order valence-electron chi connectivity index (χ0n) is 41.8. The summed E-state index contributed by atoms with van der Waals surface area (Å²) in [7, 11) is 4.32. The molecule has 2 spiro atoms. The van der Waals surface area contributed by atoms with Crippen LogP contribution in [0.1, 0.15) is 97.1 Å². The van der Waals surface area contributed by atoms with E-state index in [1.807, 2.05) is 54.3 Å². The normalized spacial score (nSPS) is 18.5. The summed E-state index contributed by atoms with van der Waals surface area (Å²) in [5, 5.41) is 8.85. The second-order valence-electron chi connectivity index (χ2n) is 17.2. The van der Waals surface area contributed by atoms with E-state index in [0.29, 0.717) is 32.2 Å². The summed E-state index contributed by atoms with van der Waals surface area (Å²) in [5.74, 6) is -1.02. The maximum absolute atomic E-state index is 12.0. The zero-order valence-corrected chi connectivity index (χ0v) is 43.8. The van der Waals surface area contributed by atoms with E-state index in [0.717, 1.165) is 140 Å². The summed E-state index contributed by atoms with van der Waals surface area (Å²) >= 11 is 0. The molecule has 2 aromatic carbocycles. The Balaban J connectivity index is 0.000000264. The number of hydrogen-bond acceptors (Lipinski definition) is 17. The molecule has 71 heavy (non-hydrogen) atoms. The van der Waals surface area contributed by atoms with Gasteiger partial charge < -0.3 is 56.5 Å². The van der Waals surface area contributed by atoms with Crippen molar-refractivity contribution in [3.05, 3.63) is 59.7 Å². The zero-order chi connectivity index (χ0) is 51.1. The van der Waals surface area contributed by atoms with Gasteiger partial charge in [0.25, 0.3) is 0 Å². The molecule has 0 aromatic heterocycles. The Morgan fingerprint density at radius 2 is 1.07 bits per heavy atom. The standard InChI is InChI=1S/C21H29N3O4.C12H14N2O2.C9H15NO3.C4H6O4.C2H3BO2.Na/c1-2-27-20(26)24-11-7-16(8-12-24)15-23-13-9-21(10-14-23)17-5-3-4-6-18(17)22-19(25)28-21;15-11-14-10-4-2-1-3-9(10)12(16-11)5-7-13-8-6-12;1-2-13-9(12)10-5-3-8(7-11)4-6-10;1-3(5)7-8-4(2)6;1-2(4)5-3;/h3-6,16H,2,7-15H2,1H3,(H,22,25);1-4,13H,5-8H2,(H,14,15);7-8H,2-6H2,1H3;1-2H3;1H3;/q;;;;-1;+1. The summed E-state index contributed by atoms with van der Waals surface area (Å²) in [6, 6.07) is 15.8. The number of hydrogen-bond donors (Lipinski definition) is 3. The van der Waals surface area contributed by atoms with Crippen molar-refractivity contribution in [3.8, 4) is 0 Å². The van der Waals surface area contributed by atoms with Gasteiger partial charge in [0, 0.05) is 109 Å². The topological polar surface area (TPSA) is 247 Å². The van der Waals surface area contributed by atoms with Crippen LogP contribution >= 0.6 is 0 Å². The second-order valence-corrected chi connectivity index (χ2v) is 17.2. The van der Waals surface area contributed by atoms with Crippen LogP contribution in [0.15, 0.2) is 48.5 Å². The van der Waals surface area contributed by atoms with Crippen molar-refractivity contribution in [1.29, 1.82) is 0 Å². The first-order valence-corrected chi connectivity index (χ1v) is 23.7. The number of rotatable bonds is 5. The van der Waals surface area contributed by atoms with E-state index in [1.165, 1.54) is 6.92 Å². The maximum Gasteiger partial charge on any atom is 1.00 e. The molecule has 6 aliphatic heterocycles. The van der Waals surface area contributed by atoms with Crippen LogP contribution < -0.4 is 45.5 Å². The largest absolute Gasteiger partial charge is 1.00 e. The van der Waals surface area contributed by atoms with Gasteiger partial charge in [0.05, 0.1) is 24.6 Å². The number of likely N-dealkylation sites (tertiary alicyclic amines) is 3. The van der Waals surface area contributed by atoms with E-state index < -0.39 is 29.1 Å². The molecule has 8 rings (SSSR count). The van der Waals surface area contributed by atoms with Gasteiger partial charge in [-0.1, -0.05) is 36.4 Å². The molecule has 21 nitrogen and oxygen atoms in total. The Morgan fingerprint density at radius 3 is 1.46 bits per heavy atom. The first-order chi connectivity index (χ1) is 33.6. The van der Waals surface area contributed by atoms with E-state index in [1.54, 1.807) is 11.8 Å². The van der Waals surface area contributed by atoms with Gasteiger partial charge in [0.1, 0.15) is 17.5 Å². The molecule has 4 fully saturated rings. The monoisotopic (exact) mass is 1000 g/mol. The van der Waals surface area contributed by atoms with E-state index in [-0.39, 0.29) is 59.8 Å². The van der Waals surface area contributed by atoms with Gasteiger partial charge >= 0.3 is 65.9 Å². The van der Waals surface area contributed by atoms with Crippen molar-refractivity contribution in [2.45, 2.75) is 97.2 Å². The van der Waals surface area contributed by atoms with E-state index in [4.69, 9.17) is 18.9 Å². The van der Waals surface area contributed by atoms with E-state index in [2.05, 4.69) is 49.4 Å². The molecule has 2 aromatic rings. The number of benzene rings is 2. The average Bonchev–Trinajstić information content (AvgIpc) is 3.35. The van der Waals surface area contributed by atoms with Crippen LogP contribution in [0.4, 0.5) is 30.6 Å². The number of nitrogens with one attached hydrogen (secondary N) is 3. The Labute approximate surface area is 438 Å².